The fourth-order valence-electron chi connectivity index (χ4n) is 1.70. The molecule has 0 fully saturated rings. The lowest BCUT2D eigenvalue weighted by molar-refractivity contribution is 0.174. The molecule has 0 saturated carbocycles. The van der Waals surface area contributed by atoms with E-state index in [1.54, 1.807) is 19.1 Å². The third kappa shape index (κ3) is 2.21. The van der Waals surface area contributed by atoms with Crippen LogP contribution in [0.25, 0.3) is 0 Å². The quantitative estimate of drug-likeness (QED) is 0.664. The Balaban J connectivity index is 1.97. The van der Waals surface area contributed by atoms with Gasteiger partial charge < -0.3 is 9.47 Å². The summed E-state index contributed by atoms with van der Waals surface area (Å²) in [7, 11) is 0. The second-order valence-corrected chi connectivity index (χ2v) is 4.48. The van der Waals surface area contributed by atoms with Crippen molar-refractivity contribution in [2.75, 3.05) is 6.79 Å². The number of fused-ring (bicyclic) bond motifs is 1. The van der Waals surface area contributed by atoms with E-state index in [9.17, 15) is 4.79 Å². The van der Waals surface area contributed by atoms with Gasteiger partial charge in [-0.05, 0) is 42.9 Å². The molecule has 0 amide bonds. The molecule has 1 aliphatic rings. The third-order valence-corrected chi connectivity index (χ3v) is 3.00. The van der Waals surface area contributed by atoms with Gasteiger partial charge in [-0.3, -0.25) is 9.89 Å². The van der Waals surface area contributed by atoms with E-state index < -0.39 is 0 Å². The van der Waals surface area contributed by atoms with Crippen LogP contribution in [0.5, 0.6) is 11.5 Å². The number of hydrogen-bond donors (Lipinski definition) is 1. The molecule has 0 saturated heterocycles. The van der Waals surface area contributed by atoms with E-state index in [0.29, 0.717) is 17.2 Å². The SMILES string of the molecule is Cc1n[nH]c(=S)n(/N=C\c2ccc3c(c2)OCO3)c1=O. The van der Waals surface area contributed by atoms with Crippen LogP contribution in [0, 0.1) is 11.7 Å². The highest BCUT2D eigenvalue weighted by Gasteiger charge is 2.12. The van der Waals surface area contributed by atoms with Crippen LogP contribution in [0.1, 0.15) is 11.3 Å². The number of rotatable bonds is 2. The van der Waals surface area contributed by atoms with Gasteiger partial charge in [0.05, 0.1) is 6.21 Å². The Morgan fingerprint density at radius 3 is 3.10 bits per heavy atom. The molecular formula is C12H10N4O3S. The molecule has 8 heteroatoms. The van der Waals surface area contributed by atoms with Crippen molar-refractivity contribution in [1.29, 1.82) is 0 Å². The van der Waals surface area contributed by atoms with Crippen LogP contribution in [0.3, 0.4) is 0 Å². The number of aromatic amines is 1. The van der Waals surface area contributed by atoms with Gasteiger partial charge in [0.1, 0.15) is 5.69 Å². The van der Waals surface area contributed by atoms with Crippen LogP contribution < -0.4 is 15.0 Å². The minimum absolute atomic E-state index is 0.137. The van der Waals surface area contributed by atoms with Crippen LogP contribution in [-0.4, -0.2) is 27.9 Å². The van der Waals surface area contributed by atoms with Crippen LogP contribution in [-0.2, 0) is 0 Å². The molecule has 2 heterocycles. The molecule has 0 unspecified atom stereocenters. The monoisotopic (exact) mass is 290 g/mol. The van der Waals surface area contributed by atoms with Crippen molar-refractivity contribution in [2.45, 2.75) is 6.92 Å². The fraction of sp³-hybridized carbons (Fsp3) is 0.167. The van der Waals surface area contributed by atoms with Crippen molar-refractivity contribution in [3.63, 3.8) is 0 Å². The number of benzene rings is 1. The number of nitrogens with one attached hydrogen (secondary N) is 1. The van der Waals surface area contributed by atoms with Gasteiger partial charge in [-0.2, -0.15) is 14.9 Å². The average molecular weight is 290 g/mol. The number of ether oxygens (including phenoxy) is 2. The lowest BCUT2D eigenvalue weighted by atomic mass is 10.2. The second kappa shape index (κ2) is 4.89. The molecule has 1 aromatic heterocycles. The Kier molecular flexibility index (Phi) is 3.07. The second-order valence-electron chi connectivity index (χ2n) is 4.09. The number of aryl methyl sites for hydroxylation is 1. The van der Waals surface area contributed by atoms with Crippen LogP contribution in [0.4, 0.5) is 0 Å². The Morgan fingerprint density at radius 1 is 1.45 bits per heavy atom. The number of H-pyrrole nitrogens is 1. The molecule has 1 N–H and O–H groups in total. The molecular weight excluding hydrogens is 280 g/mol. The maximum Gasteiger partial charge on any atom is 0.296 e. The van der Waals surface area contributed by atoms with Gasteiger partial charge in [-0.25, -0.2) is 0 Å². The van der Waals surface area contributed by atoms with E-state index in [1.807, 2.05) is 6.07 Å². The van der Waals surface area contributed by atoms with Gasteiger partial charge in [-0.15, -0.1) is 0 Å². The van der Waals surface area contributed by atoms with Crippen molar-refractivity contribution in [1.82, 2.24) is 14.9 Å². The number of nitrogens with zero attached hydrogens (tertiary/aromatic N) is 3. The van der Waals surface area contributed by atoms with Gasteiger partial charge in [0, 0.05) is 0 Å². The lowest BCUT2D eigenvalue weighted by Crippen LogP contribution is -2.22. The van der Waals surface area contributed by atoms with Crippen molar-refractivity contribution in [2.24, 2.45) is 5.10 Å². The Hall–Kier alpha value is -2.48. The topological polar surface area (TPSA) is 81.5 Å². The predicted molar refractivity (Wildman–Crippen MR) is 74.0 cm³/mol. The summed E-state index contributed by atoms with van der Waals surface area (Å²) in [6, 6.07) is 5.37. The fourth-order valence-corrected chi connectivity index (χ4v) is 1.87. The summed E-state index contributed by atoms with van der Waals surface area (Å²) in [5.41, 5.74) is 0.706. The summed E-state index contributed by atoms with van der Waals surface area (Å²) >= 11 is 4.98. The van der Waals surface area contributed by atoms with Gasteiger partial charge in [0.2, 0.25) is 11.6 Å². The number of hydrogen-bond acceptors (Lipinski definition) is 6. The van der Waals surface area contributed by atoms with E-state index in [0.717, 1.165) is 10.2 Å². The first-order valence-electron chi connectivity index (χ1n) is 5.77. The molecule has 1 aliphatic heterocycles. The zero-order chi connectivity index (χ0) is 14.1. The van der Waals surface area contributed by atoms with Crippen LogP contribution in [0.15, 0.2) is 28.1 Å². The highest BCUT2D eigenvalue weighted by Crippen LogP contribution is 2.31. The highest BCUT2D eigenvalue weighted by atomic mass is 32.1. The minimum atomic E-state index is -0.356. The molecule has 1 aromatic carbocycles. The maximum absolute atomic E-state index is 11.9. The molecule has 0 spiro atoms. The molecule has 0 atom stereocenters. The average Bonchev–Trinajstić information content (AvgIpc) is 2.90. The van der Waals surface area contributed by atoms with Gasteiger partial charge >= 0.3 is 0 Å². The summed E-state index contributed by atoms with van der Waals surface area (Å²) in [5, 5.41) is 10.4. The first-order chi connectivity index (χ1) is 9.65. The molecule has 2 aromatic rings. The van der Waals surface area contributed by atoms with Crippen molar-refractivity contribution in [3.8, 4) is 11.5 Å². The lowest BCUT2D eigenvalue weighted by Gasteiger charge is -2.00. The summed E-state index contributed by atoms with van der Waals surface area (Å²) in [6.45, 7) is 1.80. The smallest absolute Gasteiger partial charge is 0.296 e. The Labute approximate surface area is 118 Å². The first-order valence-corrected chi connectivity index (χ1v) is 6.18. The normalized spacial score (nSPS) is 13.1. The molecule has 0 radical (unpaired) electrons. The van der Waals surface area contributed by atoms with Gasteiger partial charge in [-0.1, -0.05) is 0 Å². The van der Waals surface area contributed by atoms with E-state index >= 15 is 0 Å². The molecule has 3 rings (SSSR count). The molecule has 20 heavy (non-hydrogen) atoms. The van der Waals surface area contributed by atoms with Crippen molar-refractivity contribution < 1.29 is 9.47 Å². The van der Waals surface area contributed by atoms with E-state index in [4.69, 9.17) is 21.7 Å². The van der Waals surface area contributed by atoms with Gasteiger partial charge in [0.25, 0.3) is 5.56 Å². The first kappa shape index (κ1) is 12.5. The van der Waals surface area contributed by atoms with Crippen LogP contribution >= 0.6 is 12.2 Å². The van der Waals surface area contributed by atoms with Crippen molar-refractivity contribution in [3.05, 3.63) is 44.6 Å². The van der Waals surface area contributed by atoms with Crippen molar-refractivity contribution >= 4 is 18.4 Å². The molecule has 0 bridgehead atoms. The van der Waals surface area contributed by atoms with E-state index in [2.05, 4.69) is 15.3 Å². The molecule has 7 nitrogen and oxygen atoms in total. The van der Waals surface area contributed by atoms with E-state index in [1.165, 1.54) is 6.21 Å². The third-order valence-electron chi connectivity index (χ3n) is 2.73. The molecule has 102 valence electrons. The maximum atomic E-state index is 11.9. The predicted octanol–water partition coefficient (Wildman–Crippen LogP) is 1.22. The standard InChI is InChI=1S/C12H10N4O3S/c1-7-11(17)16(12(20)15-14-7)13-5-8-2-3-9-10(4-8)19-6-18-9/h2-5H,6H2,1H3,(H,15,20)/b13-5-. The van der Waals surface area contributed by atoms with Crippen LogP contribution in [0.2, 0.25) is 0 Å². The minimum Gasteiger partial charge on any atom is -0.454 e. The highest BCUT2D eigenvalue weighted by molar-refractivity contribution is 7.71. The Bertz CT molecular complexity index is 809. The summed E-state index contributed by atoms with van der Waals surface area (Å²) in [5.74, 6) is 1.34. The summed E-state index contributed by atoms with van der Waals surface area (Å²) in [4.78, 5) is 11.9. The number of aromatic nitrogens is 3. The molecule has 0 aliphatic carbocycles. The zero-order valence-electron chi connectivity index (χ0n) is 10.5. The summed E-state index contributed by atoms with van der Waals surface area (Å²) < 4.78 is 11.7. The summed E-state index contributed by atoms with van der Waals surface area (Å²) in [6.07, 6.45) is 1.52. The zero-order valence-corrected chi connectivity index (χ0v) is 11.3. The van der Waals surface area contributed by atoms with Gasteiger partial charge in [0.15, 0.2) is 11.5 Å². The van der Waals surface area contributed by atoms with E-state index in [-0.39, 0.29) is 17.1 Å². The Morgan fingerprint density at radius 2 is 2.25 bits per heavy atom. The largest absolute Gasteiger partial charge is 0.454 e.